The molecule has 4 rings (SSSR count). The number of urea groups is 1. The molecule has 0 saturated carbocycles. The highest BCUT2D eigenvalue weighted by molar-refractivity contribution is 7.18. The first-order valence-electron chi connectivity index (χ1n) is 8.14. The summed E-state index contributed by atoms with van der Waals surface area (Å²) < 4.78 is 6.19. The van der Waals surface area contributed by atoms with Crippen molar-refractivity contribution in [1.29, 1.82) is 0 Å². The van der Waals surface area contributed by atoms with Gasteiger partial charge in [0.2, 0.25) is 0 Å². The third-order valence-corrected chi connectivity index (χ3v) is 5.60. The number of fused-ring (bicyclic) bond motifs is 1. The maximum Gasteiger partial charge on any atom is 0.325 e. The van der Waals surface area contributed by atoms with Gasteiger partial charge in [0.1, 0.15) is 16.3 Å². The molecule has 1 aromatic heterocycles. The average molecular weight is 367 g/mol. The van der Waals surface area contributed by atoms with E-state index in [2.05, 4.69) is 10.3 Å². The number of hydrogen-bond donors (Lipinski definition) is 1. The summed E-state index contributed by atoms with van der Waals surface area (Å²) in [5.74, 6) is 0.410. The predicted molar refractivity (Wildman–Crippen MR) is 99.0 cm³/mol. The zero-order chi connectivity index (χ0) is 18.3. The van der Waals surface area contributed by atoms with Gasteiger partial charge in [-0.05, 0) is 36.8 Å². The van der Waals surface area contributed by atoms with Crippen LogP contribution in [-0.4, -0.2) is 28.9 Å². The zero-order valence-corrected chi connectivity index (χ0v) is 15.2. The van der Waals surface area contributed by atoms with Crippen LogP contribution in [0.1, 0.15) is 17.5 Å². The molecule has 0 radical (unpaired) electrons. The molecule has 1 fully saturated rings. The number of hydrogen-bond acceptors (Lipinski definition) is 5. The summed E-state index contributed by atoms with van der Waals surface area (Å²) in [5.41, 5.74) is 0.487. The monoisotopic (exact) mass is 367 g/mol. The summed E-state index contributed by atoms with van der Waals surface area (Å²) in [6.07, 6.45) is 0. The SMILES string of the molecule is COc1ccc([C@]2(C)NC(=O)N(Cc3nc4ccccc4s3)C2=O)cc1. The number of carbonyl (C=O) groups excluding carboxylic acids is 2. The third kappa shape index (κ3) is 2.61. The average Bonchev–Trinajstić information content (AvgIpc) is 3.16. The maximum atomic E-state index is 13.0. The van der Waals surface area contributed by atoms with Gasteiger partial charge in [-0.2, -0.15) is 0 Å². The molecule has 0 unspecified atom stereocenters. The fraction of sp³-hybridized carbons (Fsp3) is 0.211. The normalized spacial score (nSPS) is 19.8. The molecule has 1 aliphatic heterocycles. The van der Waals surface area contributed by atoms with Gasteiger partial charge in [0.25, 0.3) is 5.91 Å². The summed E-state index contributed by atoms with van der Waals surface area (Å²) in [6.45, 7) is 1.88. The lowest BCUT2D eigenvalue weighted by Crippen LogP contribution is -2.40. The minimum absolute atomic E-state index is 0.162. The molecule has 3 aromatic rings. The van der Waals surface area contributed by atoms with E-state index in [0.717, 1.165) is 15.2 Å². The quantitative estimate of drug-likeness (QED) is 0.719. The largest absolute Gasteiger partial charge is 0.497 e. The van der Waals surface area contributed by atoms with E-state index in [1.54, 1.807) is 38.3 Å². The predicted octanol–water partition coefficient (Wildman–Crippen LogP) is 3.27. The van der Waals surface area contributed by atoms with Crippen molar-refractivity contribution >= 4 is 33.5 Å². The number of nitrogens with zero attached hydrogens (tertiary/aromatic N) is 2. The van der Waals surface area contributed by atoms with Crippen LogP contribution in [-0.2, 0) is 16.9 Å². The first kappa shape index (κ1) is 16.5. The van der Waals surface area contributed by atoms with E-state index in [9.17, 15) is 9.59 Å². The smallest absolute Gasteiger partial charge is 0.325 e. The van der Waals surface area contributed by atoms with E-state index < -0.39 is 11.6 Å². The van der Waals surface area contributed by atoms with Crippen molar-refractivity contribution in [1.82, 2.24) is 15.2 Å². The van der Waals surface area contributed by atoms with Gasteiger partial charge >= 0.3 is 6.03 Å². The Morgan fingerprint density at radius 1 is 1.15 bits per heavy atom. The van der Waals surface area contributed by atoms with Gasteiger partial charge < -0.3 is 10.1 Å². The molecular weight excluding hydrogens is 350 g/mol. The molecule has 1 aliphatic rings. The lowest BCUT2D eigenvalue weighted by molar-refractivity contribution is -0.131. The summed E-state index contributed by atoms with van der Waals surface area (Å²) in [5, 5.41) is 3.54. The number of nitrogens with one attached hydrogen (secondary N) is 1. The lowest BCUT2D eigenvalue weighted by Gasteiger charge is -2.22. The fourth-order valence-corrected chi connectivity index (χ4v) is 4.04. The Balaban J connectivity index is 1.61. The number of imide groups is 1. The van der Waals surface area contributed by atoms with Gasteiger partial charge in [0, 0.05) is 0 Å². The second kappa shape index (κ2) is 6.10. The maximum absolute atomic E-state index is 13.0. The van der Waals surface area contributed by atoms with Crippen LogP contribution in [0, 0.1) is 0 Å². The number of aromatic nitrogens is 1. The van der Waals surface area contributed by atoms with Crippen LogP contribution in [0.5, 0.6) is 5.75 Å². The lowest BCUT2D eigenvalue weighted by atomic mass is 9.92. The minimum atomic E-state index is -1.10. The van der Waals surface area contributed by atoms with Gasteiger partial charge in [-0.3, -0.25) is 9.69 Å². The summed E-state index contributed by atoms with van der Waals surface area (Å²) in [6, 6.07) is 14.5. The number of rotatable bonds is 4. The summed E-state index contributed by atoms with van der Waals surface area (Å²) in [4.78, 5) is 31.2. The molecular formula is C19H17N3O3S. The van der Waals surface area contributed by atoms with E-state index in [1.807, 2.05) is 24.3 Å². The van der Waals surface area contributed by atoms with Crippen molar-refractivity contribution in [3.63, 3.8) is 0 Å². The van der Waals surface area contributed by atoms with Gasteiger partial charge in [0.15, 0.2) is 0 Å². The Morgan fingerprint density at radius 2 is 1.88 bits per heavy atom. The van der Waals surface area contributed by atoms with Gasteiger partial charge in [-0.1, -0.05) is 24.3 Å². The van der Waals surface area contributed by atoms with Crippen LogP contribution in [0.15, 0.2) is 48.5 Å². The molecule has 7 heteroatoms. The van der Waals surface area contributed by atoms with E-state index in [0.29, 0.717) is 11.3 Å². The van der Waals surface area contributed by atoms with E-state index in [-0.39, 0.29) is 12.5 Å². The highest BCUT2D eigenvalue weighted by atomic mass is 32.1. The molecule has 6 nitrogen and oxygen atoms in total. The van der Waals surface area contributed by atoms with Crippen molar-refractivity contribution in [3.8, 4) is 5.75 Å². The van der Waals surface area contributed by atoms with Gasteiger partial charge in [-0.15, -0.1) is 11.3 Å². The number of para-hydroxylation sites is 1. The Morgan fingerprint density at radius 3 is 2.58 bits per heavy atom. The number of ether oxygens (including phenoxy) is 1. The molecule has 1 saturated heterocycles. The topological polar surface area (TPSA) is 71.5 Å². The van der Waals surface area contributed by atoms with E-state index in [4.69, 9.17) is 4.74 Å². The second-order valence-corrected chi connectivity index (χ2v) is 7.37. The van der Waals surface area contributed by atoms with Crippen LogP contribution >= 0.6 is 11.3 Å². The zero-order valence-electron chi connectivity index (χ0n) is 14.4. The molecule has 3 amide bonds. The molecule has 132 valence electrons. The van der Waals surface area contributed by atoms with Crippen LogP contribution in [0.25, 0.3) is 10.2 Å². The first-order valence-corrected chi connectivity index (χ1v) is 8.96. The van der Waals surface area contributed by atoms with E-state index >= 15 is 0 Å². The first-order chi connectivity index (χ1) is 12.5. The number of carbonyl (C=O) groups is 2. The van der Waals surface area contributed by atoms with Gasteiger partial charge in [0.05, 0.1) is 23.9 Å². The van der Waals surface area contributed by atoms with Crippen LogP contribution in [0.4, 0.5) is 4.79 Å². The van der Waals surface area contributed by atoms with Crippen molar-refractivity contribution in [2.75, 3.05) is 7.11 Å². The Bertz CT molecular complexity index is 966. The highest BCUT2D eigenvalue weighted by Gasteiger charge is 2.49. The van der Waals surface area contributed by atoms with E-state index in [1.165, 1.54) is 16.2 Å². The van der Waals surface area contributed by atoms with Gasteiger partial charge in [-0.25, -0.2) is 9.78 Å². The van der Waals surface area contributed by atoms with Crippen molar-refractivity contribution in [2.45, 2.75) is 19.0 Å². The minimum Gasteiger partial charge on any atom is -0.497 e. The summed E-state index contributed by atoms with van der Waals surface area (Å²) >= 11 is 1.49. The molecule has 0 aliphatic carbocycles. The van der Waals surface area contributed by atoms with Crippen molar-refractivity contribution in [2.24, 2.45) is 0 Å². The molecule has 0 spiro atoms. The fourth-order valence-electron chi connectivity index (χ4n) is 3.08. The standard InChI is InChI=1S/C19H17N3O3S/c1-19(12-7-9-13(25-2)10-8-12)17(23)22(18(24)21-19)11-16-20-14-5-3-4-6-15(14)26-16/h3-10H,11H2,1-2H3,(H,21,24)/t19-/m0/s1. The number of benzene rings is 2. The third-order valence-electron chi connectivity index (χ3n) is 4.57. The Hall–Kier alpha value is -2.93. The molecule has 2 heterocycles. The molecule has 0 bridgehead atoms. The second-order valence-electron chi connectivity index (χ2n) is 6.25. The molecule has 1 atom stereocenters. The number of thiazole rings is 1. The van der Waals surface area contributed by atoms with Crippen molar-refractivity contribution in [3.05, 3.63) is 59.1 Å². The molecule has 2 aromatic carbocycles. The molecule has 26 heavy (non-hydrogen) atoms. The Labute approximate surface area is 154 Å². The van der Waals surface area contributed by atoms with Crippen LogP contribution < -0.4 is 10.1 Å². The highest BCUT2D eigenvalue weighted by Crippen LogP contribution is 2.32. The van der Waals surface area contributed by atoms with Crippen molar-refractivity contribution < 1.29 is 14.3 Å². The van der Waals surface area contributed by atoms with Crippen LogP contribution in [0.3, 0.4) is 0 Å². The number of amides is 3. The number of methoxy groups -OCH3 is 1. The Kier molecular flexibility index (Phi) is 3.88. The van der Waals surface area contributed by atoms with Crippen LogP contribution in [0.2, 0.25) is 0 Å². The molecule has 1 N–H and O–H groups in total. The summed E-state index contributed by atoms with van der Waals surface area (Å²) in [7, 11) is 1.58.